The molecule has 4 heteroatoms. The Balaban J connectivity index is 1.60. The van der Waals surface area contributed by atoms with E-state index in [1.54, 1.807) is 0 Å². The number of nitrogens with zero attached hydrogens (tertiary/aromatic N) is 3. The molecule has 1 aliphatic rings. The fourth-order valence-electron chi connectivity index (χ4n) is 2.96. The van der Waals surface area contributed by atoms with Crippen LogP contribution in [0.2, 0.25) is 0 Å². The van der Waals surface area contributed by atoms with Crippen LogP contribution in [0.3, 0.4) is 0 Å². The highest BCUT2D eigenvalue weighted by Gasteiger charge is 2.09. The van der Waals surface area contributed by atoms with Crippen molar-refractivity contribution in [2.24, 2.45) is 7.05 Å². The quantitative estimate of drug-likeness (QED) is 0.920. The van der Waals surface area contributed by atoms with Gasteiger partial charge in [0.15, 0.2) is 0 Å². The molecule has 1 aromatic carbocycles. The minimum atomic E-state index is 1.08. The number of piperazine rings is 1. The fraction of sp³-hybridized carbons (Fsp3) is 0.562. The SMILES string of the molecule is Cc1nc2cc(CCCN3CCNCC3)ccc2n1C. The fourth-order valence-corrected chi connectivity index (χ4v) is 2.96. The molecule has 1 N–H and O–H groups in total. The van der Waals surface area contributed by atoms with Crippen LogP contribution in [0.15, 0.2) is 18.2 Å². The molecule has 0 radical (unpaired) electrons. The molecule has 1 fully saturated rings. The van der Waals surface area contributed by atoms with Gasteiger partial charge in [-0.25, -0.2) is 4.98 Å². The van der Waals surface area contributed by atoms with E-state index in [2.05, 4.69) is 51.9 Å². The summed E-state index contributed by atoms with van der Waals surface area (Å²) in [4.78, 5) is 7.17. The first-order valence-corrected chi connectivity index (χ1v) is 7.59. The summed E-state index contributed by atoms with van der Waals surface area (Å²) in [5.74, 6) is 1.08. The number of aryl methyl sites for hydroxylation is 3. The van der Waals surface area contributed by atoms with Crippen LogP contribution in [0.25, 0.3) is 11.0 Å². The molecule has 0 unspecified atom stereocenters. The van der Waals surface area contributed by atoms with E-state index in [0.29, 0.717) is 0 Å². The highest BCUT2D eigenvalue weighted by molar-refractivity contribution is 5.76. The Morgan fingerprint density at radius 1 is 1.25 bits per heavy atom. The van der Waals surface area contributed by atoms with Crippen molar-refractivity contribution in [3.05, 3.63) is 29.6 Å². The van der Waals surface area contributed by atoms with Gasteiger partial charge in [-0.2, -0.15) is 0 Å². The maximum atomic E-state index is 4.62. The number of hydrogen-bond donors (Lipinski definition) is 1. The third-order valence-corrected chi connectivity index (χ3v) is 4.32. The van der Waals surface area contributed by atoms with E-state index in [-0.39, 0.29) is 0 Å². The van der Waals surface area contributed by atoms with Gasteiger partial charge < -0.3 is 14.8 Å². The number of rotatable bonds is 4. The molecule has 108 valence electrons. The molecule has 1 aromatic heterocycles. The molecule has 1 aliphatic heterocycles. The van der Waals surface area contributed by atoms with Gasteiger partial charge in [0.05, 0.1) is 11.0 Å². The van der Waals surface area contributed by atoms with Crippen LogP contribution < -0.4 is 5.32 Å². The second-order valence-electron chi connectivity index (χ2n) is 5.74. The zero-order chi connectivity index (χ0) is 13.9. The molecule has 0 atom stereocenters. The Hall–Kier alpha value is -1.39. The number of aromatic nitrogens is 2. The van der Waals surface area contributed by atoms with Crippen molar-refractivity contribution >= 4 is 11.0 Å². The summed E-state index contributed by atoms with van der Waals surface area (Å²) < 4.78 is 2.15. The molecular formula is C16H24N4. The van der Waals surface area contributed by atoms with Gasteiger partial charge in [0, 0.05) is 33.2 Å². The molecule has 0 aliphatic carbocycles. The highest BCUT2D eigenvalue weighted by atomic mass is 15.2. The van der Waals surface area contributed by atoms with Crippen molar-refractivity contribution in [1.82, 2.24) is 19.8 Å². The Bertz CT molecular complexity index is 581. The van der Waals surface area contributed by atoms with E-state index in [1.807, 2.05) is 0 Å². The summed E-state index contributed by atoms with van der Waals surface area (Å²) in [5, 5.41) is 3.40. The van der Waals surface area contributed by atoms with Gasteiger partial charge >= 0.3 is 0 Å². The summed E-state index contributed by atoms with van der Waals surface area (Å²) in [6.07, 6.45) is 2.38. The topological polar surface area (TPSA) is 33.1 Å². The molecule has 0 spiro atoms. The molecule has 0 amide bonds. The second kappa shape index (κ2) is 5.94. The number of fused-ring (bicyclic) bond motifs is 1. The summed E-state index contributed by atoms with van der Waals surface area (Å²) in [6.45, 7) is 7.93. The van der Waals surface area contributed by atoms with E-state index in [4.69, 9.17) is 0 Å². The number of benzene rings is 1. The Kier molecular flexibility index (Phi) is 4.03. The number of imidazole rings is 1. The Morgan fingerprint density at radius 2 is 2.05 bits per heavy atom. The summed E-state index contributed by atoms with van der Waals surface area (Å²) in [5.41, 5.74) is 3.77. The third kappa shape index (κ3) is 2.86. The van der Waals surface area contributed by atoms with Crippen LogP contribution >= 0.6 is 0 Å². The maximum absolute atomic E-state index is 4.62. The van der Waals surface area contributed by atoms with Gasteiger partial charge in [-0.05, 0) is 44.0 Å². The predicted molar refractivity (Wildman–Crippen MR) is 83.1 cm³/mol. The first-order chi connectivity index (χ1) is 9.74. The first-order valence-electron chi connectivity index (χ1n) is 7.59. The predicted octanol–water partition coefficient (Wildman–Crippen LogP) is 1.72. The van der Waals surface area contributed by atoms with Crippen LogP contribution in [-0.4, -0.2) is 47.2 Å². The summed E-state index contributed by atoms with van der Waals surface area (Å²) in [6, 6.07) is 6.71. The molecule has 4 nitrogen and oxygen atoms in total. The van der Waals surface area contributed by atoms with E-state index in [1.165, 1.54) is 37.1 Å². The standard InChI is InChI=1S/C16H24N4/c1-13-18-15-12-14(5-6-16(15)19(13)2)4-3-9-20-10-7-17-8-11-20/h5-6,12,17H,3-4,7-11H2,1-2H3. The lowest BCUT2D eigenvalue weighted by Crippen LogP contribution is -2.43. The molecule has 20 heavy (non-hydrogen) atoms. The molecule has 1 saturated heterocycles. The molecule has 0 saturated carbocycles. The third-order valence-electron chi connectivity index (χ3n) is 4.32. The molecule has 3 rings (SSSR count). The minimum absolute atomic E-state index is 1.08. The molecular weight excluding hydrogens is 248 g/mol. The Labute approximate surface area is 120 Å². The zero-order valence-corrected chi connectivity index (χ0v) is 12.5. The number of hydrogen-bond acceptors (Lipinski definition) is 3. The van der Waals surface area contributed by atoms with Crippen LogP contribution in [0, 0.1) is 6.92 Å². The van der Waals surface area contributed by atoms with Crippen molar-refractivity contribution < 1.29 is 0 Å². The van der Waals surface area contributed by atoms with Crippen LogP contribution in [0.4, 0.5) is 0 Å². The zero-order valence-electron chi connectivity index (χ0n) is 12.5. The van der Waals surface area contributed by atoms with Crippen molar-refractivity contribution in [3.63, 3.8) is 0 Å². The van der Waals surface area contributed by atoms with Gasteiger partial charge in [0.25, 0.3) is 0 Å². The largest absolute Gasteiger partial charge is 0.331 e. The van der Waals surface area contributed by atoms with E-state index >= 15 is 0 Å². The lowest BCUT2D eigenvalue weighted by atomic mass is 10.1. The van der Waals surface area contributed by atoms with Gasteiger partial charge in [0.2, 0.25) is 0 Å². The second-order valence-corrected chi connectivity index (χ2v) is 5.74. The minimum Gasteiger partial charge on any atom is -0.331 e. The monoisotopic (exact) mass is 272 g/mol. The highest BCUT2D eigenvalue weighted by Crippen LogP contribution is 2.17. The van der Waals surface area contributed by atoms with Gasteiger partial charge in [0.1, 0.15) is 5.82 Å². The van der Waals surface area contributed by atoms with Crippen LogP contribution in [0.5, 0.6) is 0 Å². The molecule has 0 bridgehead atoms. The van der Waals surface area contributed by atoms with Crippen LogP contribution in [-0.2, 0) is 13.5 Å². The van der Waals surface area contributed by atoms with Gasteiger partial charge in [-0.3, -0.25) is 0 Å². The first kappa shape index (κ1) is 13.6. The summed E-state index contributed by atoms with van der Waals surface area (Å²) >= 11 is 0. The number of nitrogens with one attached hydrogen (secondary N) is 1. The maximum Gasteiger partial charge on any atom is 0.106 e. The molecule has 2 heterocycles. The smallest absolute Gasteiger partial charge is 0.106 e. The van der Waals surface area contributed by atoms with Crippen molar-refractivity contribution in [2.75, 3.05) is 32.7 Å². The molecule has 2 aromatic rings. The average molecular weight is 272 g/mol. The van der Waals surface area contributed by atoms with Crippen molar-refractivity contribution in [2.45, 2.75) is 19.8 Å². The van der Waals surface area contributed by atoms with E-state index < -0.39 is 0 Å². The Morgan fingerprint density at radius 3 is 2.85 bits per heavy atom. The summed E-state index contributed by atoms with van der Waals surface area (Å²) in [7, 11) is 2.08. The lowest BCUT2D eigenvalue weighted by Gasteiger charge is -2.27. The van der Waals surface area contributed by atoms with Crippen LogP contribution in [0.1, 0.15) is 17.8 Å². The average Bonchev–Trinajstić information content (AvgIpc) is 2.75. The van der Waals surface area contributed by atoms with E-state index in [9.17, 15) is 0 Å². The lowest BCUT2D eigenvalue weighted by molar-refractivity contribution is 0.238. The van der Waals surface area contributed by atoms with Crippen molar-refractivity contribution in [3.8, 4) is 0 Å². The van der Waals surface area contributed by atoms with E-state index in [0.717, 1.165) is 30.9 Å². The van der Waals surface area contributed by atoms with Crippen molar-refractivity contribution in [1.29, 1.82) is 0 Å². The van der Waals surface area contributed by atoms with Gasteiger partial charge in [-0.1, -0.05) is 6.07 Å². The van der Waals surface area contributed by atoms with Gasteiger partial charge in [-0.15, -0.1) is 0 Å². The normalized spacial score (nSPS) is 16.9.